The number of amides is 1. The van der Waals surface area contributed by atoms with E-state index in [1.807, 2.05) is 17.9 Å². The lowest BCUT2D eigenvalue weighted by molar-refractivity contribution is -0.154. The number of hydrogen-bond acceptors (Lipinski definition) is 5. The number of pyridine rings is 1. The molecule has 1 unspecified atom stereocenters. The molecule has 0 saturated carbocycles. The van der Waals surface area contributed by atoms with Gasteiger partial charge in [-0.2, -0.15) is 13.2 Å². The molecule has 0 aliphatic carbocycles. The number of carbonyl (C=O) groups excluding carboxylic acids is 1. The van der Waals surface area contributed by atoms with Gasteiger partial charge in [0.05, 0.1) is 0 Å². The summed E-state index contributed by atoms with van der Waals surface area (Å²) in [6, 6.07) is 1.71. The molecule has 1 N–H and O–H groups in total. The van der Waals surface area contributed by atoms with E-state index in [1.165, 1.54) is 6.20 Å². The average molecular weight is 384 g/mol. The van der Waals surface area contributed by atoms with Gasteiger partial charge in [0.15, 0.2) is 12.9 Å². The molecule has 148 valence electrons. The number of aliphatic imine (C=N–C) groups is 1. The van der Waals surface area contributed by atoms with Crippen LogP contribution in [0.3, 0.4) is 0 Å². The SMILES string of the molecule is CC1=CC=NC(NC(=O)C(C)C)N1Cc1cnc(OCC(F)(F)F)c(C)c1. The molecule has 0 radical (unpaired) electrons. The fraction of sp³-hybridized carbons (Fsp3) is 0.500. The Balaban J connectivity index is 2.11. The molecule has 6 nitrogen and oxygen atoms in total. The van der Waals surface area contributed by atoms with Crippen LogP contribution < -0.4 is 10.1 Å². The van der Waals surface area contributed by atoms with Crippen molar-refractivity contribution in [2.75, 3.05) is 6.61 Å². The average Bonchev–Trinajstić information content (AvgIpc) is 2.56. The van der Waals surface area contributed by atoms with Crippen LogP contribution in [-0.2, 0) is 11.3 Å². The highest BCUT2D eigenvalue weighted by Crippen LogP contribution is 2.23. The third-order valence-electron chi connectivity index (χ3n) is 3.90. The molecule has 1 aromatic rings. The van der Waals surface area contributed by atoms with Crippen molar-refractivity contribution in [3.05, 3.63) is 35.2 Å². The summed E-state index contributed by atoms with van der Waals surface area (Å²) in [5, 5.41) is 2.86. The second-order valence-corrected chi connectivity index (χ2v) is 6.64. The molecule has 9 heteroatoms. The van der Waals surface area contributed by atoms with Crippen molar-refractivity contribution in [3.8, 4) is 5.88 Å². The van der Waals surface area contributed by atoms with Gasteiger partial charge in [0, 0.05) is 36.1 Å². The van der Waals surface area contributed by atoms with E-state index < -0.39 is 19.1 Å². The minimum absolute atomic E-state index is 0.0512. The Kier molecular flexibility index (Phi) is 6.45. The first-order valence-corrected chi connectivity index (χ1v) is 8.49. The first-order valence-electron chi connectivity index (χ1n) is 8.49. The van der Waals surface area contributed by atoms with Crippen LogP contribution in [0.25, 0.3) is 0 Å². The van der Waals surface area contributed by atoms with E-state index in [9.17, 15) is 18.0 Å². The molecule has 27 heavy (non-hydrogen) atoms. The zero-order valence-corrected chi connectivity index (χ0v) is 15.7. The van der Waals surface area contributed by atoms with Gasteiger partial charge in [-0.1, -0.05) is 13.8 Å². The number of nitrogens with zero attached hydrogens (tertiary/aromatic N) is 3. The van der Waals surface area contributed by atoms with Gasteiger partial charge in [0.1, 0.15) is 0 Å². The molecule has 2 rings (SSSR count). The number of allylic oxidation sites excluding steroid dienone is 2. The minimum atomic E-state index is -4.41. The predicted octanol–water partition coefficient (Wildman–Crippen LogP) is 3.18. The molecule has 1 amide bonds. The number of aromatic nitrogens is 1. The summed E-state index contributed by atoms with van der Waals surface area (Å²) in [6.45, 7) is 6.12. The van der Waals surface area contributed by atoms with Crippen LogP contribution in [0.15, 0.2) is 29.0 Å². The Morgan fingerprint density at radius 1 is 1.37 bits per heavy atom. The van der Waals surface area contributed by atoms with E-state index in [-0.39, 0.29) is 17.7 Å². The maximum atomic E-state index is 12.3. The maximum absolute atomic E-state index is 12.3. The number of nitrogens with one attached hydrogen (secondary N) is 1. The molecule has 0 spiro atoms. The van der Waals surface area contributed by atoms with Gasteiger partial charge < -0.3 is 15.0 Å². The molecular weight excluding hydrogens is 361 g/mol. The summed E-state index contributed by atoms with van der Waals surface area (Å²) in [7, 11) is 0. The van der Waals surface area contributed by atoms with Crippen molar-refractivity contribution in [2.24, 2.45) is 10.9 Å². The van der Waals surface area contributed by atoms with Gasteiger partial charge in [-0.3, -0.25) is 4.79 Å². The smallest absolute Gasteiger partial charge is 0.422 e. The molecule has 1 aromatic heterocycles. The zero-order valence-electron chi connectivity index (χ0n) is 15.7. The Morgan fingerprint density at radius 2 is 2.07 bits per heavy atom. The van der Waals surface area contributed by atoms with Crippen molar-refractivity contribution in [2.45, 2.75) is 46.7 Å². The Labute approximate surface area is 156 Å². The van der Waals surface area contributed by atoms with Gasteiger partial charge in [0.2, 0.25) is 11.8 Å². The first kappa shape index (κ1) is 20.7. The molecule has 0 fully saturated rings. The van der Waals surface area contributed by atoms with E-state index in [2.05, 4.69) is 15.3 Å². The van der Waals surface area contributed by atoms with Crippen molar-refractivity contribution >= 4 is 12.1 Å². The number of hydrogen-bond donors (Lipinski definition) is 1. The minimum Gasteiger partial charge on any atom is -0.468 e. The van der Waals surface area contributed by atoms with Crippen LogP contribution in [0.2, 0.25) is 0 Å². The standard InChI is InChI=1S/C18H23F3N4O2/c1-11(2)15(26)24-17-22-6-5-13(4)25(17)9-14-7-12(3)16(23-8-14)27-10-18(19,20)21/h5-8,11,17H,9-10H2,1-4H3,(H,24,26). The fourth-order valence-corrected chi connectivity index (χ4v) is 2.43. The molecule has 2 heterocycles. The second-order valence-electron chi connectivity index (χ2n) is 6.64. The Hall–Kier alpha value is -2.58. The fourth-order valence-electron chi connectivity index (χ4n) is 2.43. The Bertz CT molecular complexity index is 745. The predicted molar refractivity (Wildman–Crippen MR) is 95.1 cm³/mol. The molecule has 1 aliphatic heterocycles. The van der Waals surface area contributed by atoms with Gasteiger partial charge in [-0.05, 0) is 31.6 Å². The third-order valence-corrected chi connectivity index (χ3v) is 3.90. The Morgan fingerprint density at radius 3 is 2.67 bits per heavy atom. The summed E-state index contributed by atoms with van der Waals surface area (Å²) in [6.07, 6.45) is -0.0479. The highest BCUT2D eigenvalue weighted by Gasteiger charge is 2.29. The number of rotatable bonds is 6. The van der Waals surface area contributed by atoms with Gasteiger partial charge >= 0.3 is 6.18 Å². The van der Waals surface area contributed by atoms with Crippen LogP contribution in [0.1, 0.15) is 31.9 Å². The van der Waals surface area contributed by atoms with Crippen molar-refractivity contribution in [1.29, 1.82) is 0 Å². The lowest BCUT2D eigenvalue weighted by Gasteiger charge is -2.34. The van der Waals surface area contributed by atoms with Crippen LogP contribution in [-0.4, -0.2) is 41.1 Å². The van der Waals surface area contributed by atoms with Crippen LogP contribution in [0.4, 0.5) is 13.2 Å². The van der Waals surface area contributed by atoms with E-state index in [0.29, 0.717) is 12.1 Å². The van der Waals surface area contributed by atoms with Crippen molar-refractivity contribution in [3.63, 3.8) is 0 Å². The van der Waals surface area contributed by atoms with Gasteiger partial charge in [-0.25, -0.2) is 9.98 Å². The highest BCUT2D eigenvalue weighted by atomic mass is 19.4. The number of aryl methyl sites for hydroxylation is 1. The zero-order chi connectivity index (χ0) is 20.2. The molecule has 1 atom stereocenters. The number of alkyl halides is 3. The van der Waals surface area contributed by atoms with Crippen LogP contribution >= 0.6 is 0 Å². The van der Waals surface area contributed by atoms with Crippen LogP contribution in [0, 0.1) is 12.8 Å². The van der Waals surface area contributed by atoms with E-state index >= 15 is 0 Å². The maximum Gasteiger partial charge on any atom is 0.422 e. The van der Waals surface area contributed by atoms with Gasteiger partial charge in [-0.15, -0.1) is 0 Å². The molecule has 0 saturated heterocycles. The van der Waals surface area contributed by atoms with E-state index in [1.54, 1.807) is 33.1 Å². The number of carbonyl (C=O) groups is 1. The van der Waals surface area contributed by atoms with E-state index in [4.69, 9.17) is 4.74 Å². The second kappa shape index (κ2) is 8.41. The topological polar surface area (TPSA) is 66.8 Å². The molecule has 1 aliphatic rings. The summed E-state index contributed by atoms with van der Waals surface area (Å²) >= 11 is 0. The van der Waals surface area contributed by atoms with Crippen molar-refractivity contribution < 1.29 is 22.7 Å². The third kappa shape index (κ3) is 5.97. The van der Waals surface area contributed by atoms with Crippen LogP contribution in [0.5, 0.6) is 5.88 Å². The number of halogens is 3. The summed E-state index contributed by atoms with van der Waals surface area (Å²) in [5.74, 6) is -0.353. The van der Waals surface area contributed by atoms with E-state index in [0.717, 1.165) is 11.3 Å². The molecular formula is C18H23F3N4O2. The van der Waals surface area contributed by atoms with Crippen molar-refractivity contribution in [1.82, 2.24) is 15.2 Å². The summed E-state index contributed by atoms with van der Waals surface area (Å²) < 4.78 is 41.6. The lowest BCUT2D eigenvalue weighted by atomic mass is 10.2. The summed E-state index contributed by atoms with van der Waals surface area (Å²) in [4.78, 5) is 22.2. The highest BCUT2D eigenvalue weighted by molar-refractivity contribution is 5.79. The van der Waals surface area contributed by atoms with Gasteiger partial charge in [0.25, 0.3) is 0 Å². The largest absolute Gasteiger partial charge is 0.468 e. The summed E-state index contributed by atoms with van der Waals surface area (Å²) in [5.41, 5.74) is 2.16. The lowest BCUT2D eigenvalue weighted by Crippen LogP contribution is -2.48. The quantitative estimate of drug-likeness (QED) is 0.818. The molecule has 0 aromatic carbocycles. The normalized spacial score (nSPS) is 17.1. The monoisotopic (exact) mass is 384 g/mol. The first-order chi connectivity index (χ1) is 12.6. The number of ether oxygens (including phenoxy) is 1. The molecule has 0 bridgehead atoms.